The summed E-state index contributed by atoms with van der Waals surface area (Å²) in [6.45, 7) is 1.33. The van der Waals surface area contributed by atoms with E-state index in [0.717, 1.165) is 12.8 Å². The van der Waals surface area contributed by atoms with Crippen molar-refractivity contribution in [2.24, 2.45) is 5.92 Å². The van der Waals surface area contributed by atoms with E-state index < -0.39 is 5.97 Å². The Labute approximate surface area is 109 Å². The number of H-pyrrole nitrogens is 1. The summed E-state index contributed by atoms with van der Waals surface area (Å²) < 4.78 is 0. The van der Waals surface area contributed by atoms with Crippen molar-refractivity contribution in [3.63, 3.8) is 0 Å². The zero-order chi connectivity index (χ0) is 13.7. The first-order chi connectivity index (χ1) is 9.15. The van der Waals surface area contributed by atoms with Gasteiger partial charge in [-0.05, 0) is 18.8 Å². The lowest BCUT2D eigenvalue weighted by Crippen LogP contribution is -2.45. The van der Waals surface area contributed by atoms with Crippen LogP contribution >= 0.6 is 0 Å². The van der Waals surface area contributed by atoms with Crippen LogP contribution in [-0.4, -0.2) is 55.7 Å². The fourth-order valence-corrected chi connectivity index (χ4v) is 2.19. The molecule has 2 heterocycles. The average molecular weight is 268 g/mol. The highest BCUT2D eigenvalue weighted by molar-refractivity contribution is 5.74. The van der Waals surface area contributed by atoms with Crippen molar-refractivity contribution in [3.05, 3.63) is 5.82 Å². The molecule has 9 nitrogen and oxygen atoms in total. The SMILES string of the molecule is O=C(O)CC1CCCN(C(=O)NCc2nn[nH]n2)C1. The van der Waals surface area contributed by atoms with Crippen LogP contribution in [0.3, 0.4) is 0 Å². The number of hydrogen-bond donors (Lipinski definition) is 3. The van der Waals surface area contributed by atoms with Crippen LogP contribution in [0, 0.1) is 5.92 Å². The number of likely N-dealkylation sites (tertiary alicyclic amines) is 1. The summed E-state index contributed by atoms with van der Waals surface area (Å²) in [7, 11) is 0. The van der Waals surface area contributed by atoms with Crippen LogP contribution in [0.1, 0.15) is 25.1 Å². The maximum atomic E-state index is 11.9. The van der Waals surface area contributed by atoms with Crippen molar-refractivity contribution in [2.75, 3.05) is 13.1 Å². The minimum Gasteiger partial charge on any atom is -0.481 e. The molecule has 1 aliphatic rings. The monoisotopic (exact) mass is 268 g/mol. The molecular formula is C10H16N6O3. The van der Waals surface area contributed by atoms with E-state index in [9.17, 15) is 9.59 Å². The van der Waals surface area contributed by atoms with Crippen LogP contribution in [0.15, 0.2) is 0 Å². The number of amides is 2. The van der Waals surface area contributed by atoms with Gasteiger partial charge in [-0.25, -0.2) is 4.79 Å². The topological polar surface area (TPSA) is 124 Å². The molecule has 0 radical (unpaired) electrons. The molecule has 9 heteroatoms. The molecule has 1 aromatic rings. The van der Waals surface area contributed by atoms with E-state index in [4.69, 9.17) is 5.11 Å². The summed E-state index contributed by atoms with van der Waals surface area (Å²) in [4.78, 5) is 24.2. The van der Waals surface area contributed by atoms with Crippen molar-refractivity contribution < 1.29 is 14.7 Å². The predicted octanol–water partition coefficient (Wildman–Crippen LogP) is -0.404. The van der Waals surface area contributed by atoms with Crippen molar-refractivity contribution in [3.8, 4) is 0 Å². The maximum Gasteiger partial charge on any atom is 0.317 e. The van der Waals surface area contributed by atoms with Gasteiger partial charge in [0.05, 0.1) is 6.54 Å². The van der Waals surface area contributed by atoms with Crippen molar-refractivity contribution in [1.29, 1.82) is 0 Å². The molecule has 1 atom stereocenters. The van der Waals surface area contributed by atoms with Crippen LogP contribution in [0.4, 0.5) is 4.79 Å². The van der Waals surface area contributed by atoms with Crippen LogP contribution < -0.4 is 5.32 Å². The van der Waals surface area contributed by atoms with Gasteiger partial charge in [-0.15, -0.1) is 10.2 Å². The Balaban J connectivity index is 1.79. The lowest BCUT2D eigenvalue weighted by Gasteiger charge is -2.31. The van der Waals surface area contributed by atoms with E-state index in [2.05, 4.69) is 25.9 Å². The smallest absolute Gasteiger partial charge is 0.317 e. The summed E-state index contributed by atoms with van der Waals surface area (Å²) >= 11 is 0. The molecule has 0 saturated carbocycles. The number of aromatic amines is 1. The number of nitrogens with one attached hydrogen (secondary N) is 2. The minimum atomic E-state index is -0.820. The first kappa shape index (κ1) is 13.2. The third kappa shape index (κ3) is 3.90. The fraction of sp³-hybridized carbons (Fsp3) is 0.700. The highest BCUT2D eigenvalue weighted by atomic mass is 16.4. The number of nitrogens with zero attached hydrogens (tertiary/aromatic N) is 4. The molecule has 3 N–H and O–H groups in total. The van der Waals surface area contributed by atoms with E-state index >= 15 is 0 Å². The lowest BCUT2D eigenvalue weighted by molar-refractivity contribution is -0.138. The molecule has 0 spiro atoms. The molecule has 0 aromatic carbocycles. The molecule has 19 heavy (non-hydrogen) atoms. The van der Waals surface area contributed by atoms with Crippen molar-refractivity contribution in [2.45, 2.75) is 25.8 Å². The number of carboxylic acids is 1. The molecule has 1 fully saturated rings. The second kappa shape index (κ2) is 6.12. The number of carbonyl (C=O) groups excluding carboxylic acids is 1. The number of piperidine rings is 1. The number of carboxylic acid groups (broad SMARTS) is 1. The van der Waals surface area contributed by atoms with Crippen molar-refractivity contribution >= 4 is 12.0 Å². The highest BCUT2D eigenvalue weighted by Crippen LogP contribution is 2.19. The zero-order valence-electron chi connectivity index (χ0n) is 10.4. The number of aromatic nitrogens is 4. The molecule has 2 rings (SSSR count). The number of urea groups is 1. The minimum absolute atomic E-state index is 0.0298. The Hall–Kier alpha value is -2.19. The van der Waals surface area contributed by atoms with Gasteiger partial charge in [0.25, 0.3) is 0 Å². The third-order valence-corrected chi connectivity index (χ3v) is 3.06. The number of aliphatic carboxylic acids is 1. The van der Waals surface area contributed by atoms with Gasteiger partial charge in [-0.3, -0.25) is 4.79 Å². The normalized spacial score (nSPS) is 19.2. The number of carbonyl (C=O) groups is 2. The third-order valence-electron chi connectivity index (χ3n) is 3.06. The Morgan fingerprint density at radius 2 is 2.37 bits per heavy atom. The first-order valence-corrected chi connectivity index (χ1v) is 6.12. The lowest BCUT2D eigenvalue weighted by atomic mass is 9.95. The van der Waals surface area contributed by atoms with Gasteiger partial charge in [0.2, 0.25) is 0 Å². The summed E-state index contributed by atoms with van der Waals surface area (Å²) in [5.74, 6) is -0.381. The molecule has 2 amide bonds. The molecule has 0 bridgehead atoms. The Bertz CT molecular complexity index is 434. The number of hydrogen-bond acceptors (Lipinski definition) is 5. The van der Waals surface area contributed by atoms with Gasteiger partial charge in [0.1, 0.15) is 0 Å². The van der Waals surface area contributed by atoms with Gasteiger partial charge in [-0.1, -0.05) is 5.21 Å². The van der Waals surface area contributed by atoms with E-state index in [1.165, 1.54) is 0 Å². The zero-order valence-corrected chi connectivity index (χ0v) is 10.4. The van der Waals surface area contributed by atoms with E-state index in [1.54, 1.807) is 4.90 Å². The summed E-state index contributed by atoms with van der Waals surface area (Å²) in [6, 6.07) is -0.222. The second-order valence-corrected chi connectivity index (χ2v) is 4.54. The van der Waals surface area contributed by atoms with Crippen LogP contribution in [0.5, 0.6) is 0 Å². The van der Waals surface area contributed by atoms with Crippen molar-refractivity contribution in [1.82, 2.24) is 30.8 Å². The van der Waals surface area contributed by atoms with E-state index in [0.29, 0.717) is 18.9 Å². The highest BCUT2D eigenvalue weighted by Gasteiger charge is 2.25. The largest absolute Gasteiger partial charge is 0.481 e. The maximum absolute atomic E-state index is 11.9. The quantitative estimate of drug-likeness (QED) is 0.682. The molecule has 1 aliphatic heterocycles. The van der Waals surface area contributed by atoms with Gasteiger partial charge < -0.3 is 15.3 Å². The van der Waals surface area contributed by atoms with Gasteiger partial charge in [0, 0.05) is 19.5 Å². The van der Waals surface area contributed by atoms with Gasteiger partial charge >= 0.3 is 12.0 Å². The molecule has 1 saturated heterocycles. The molecule has 1 unspecified atom stereocenters. The summed E-state index contributed by atoms with van der Waals surface area (Å²) in [5.41, 5.74) is 0. The predicted molar refractivity (Wildman–Crippen MR) is 63.0 cm³/mol. The summed E-state index contributed by atoms with van der Waals surface area (Å²) in [5, 5.41) is 24.6. The Morgan fingerprint density at radius 3 is 3.05 bits per heavy atom. The van der Waals surface area contributed by atoms with Crippen LogP contribution in [-0.2, 0) is 11.3 Å². The van der Waals surface area contributed by atoms with E-state index in [1.807, 2.05) is 0 Å². The molecular weight excluding hydrogens is 252 g/mol. The van der Waals surface area contributed by atoms with Gasteiger partial charge in [0.15, 0.2) is 5.82 Å². The standard InChI is InChI=1S/C10H16N6O3/c17-9(18)4-7-2-1-3-16(6-7)10(19)11-5-8-12-14-15-13-8/h7H,1-6H2,(H,11,19)(H,17,18)(H,12,13,14,15). The first-order valence-electron chi connectivity index (χ1n) is 6.12. The summed E-state index contributed by atoms with van der Waals surface area (Å²) in [6.07, 6.45) is 1.78. The van der Waals surface area contributed by atoms with Crippen LogP contribution in [0.2, 0.25) is 0 Å². The van der Waals surface area contributed by atoms with Gasteiger partial charge in [-0.2, -0.15) is 5.21 Å². The molecule has 104 valence electrons. The number of rotatable bonds is 4. The van der Waals surface area contributed by atoms with Crippen LogP contribution in [0.25, 0.3) is 0 Å². The second-order valence-electron chi connectivity index (χ2n) is 4.54. The molecule has 1 aromatic heterocycles. The number of tetrazole rings is 1. The van der Waals surface area contributed by atoms with E-state index in [-0.39, 0.29) is 24.9 Å². The Kier molecular flexibility index (Phi) is 4.26. The Morgan fingerprint density at radius 1 is 1.53 bits per heavy atom. The molecule has 0 aliphatic carbocycles. The fourth-order valence-electron chi connectivity index (χ4n) is 2.19. The average Bonchev–Trinajstić information content (AvgIpc) is 2.88.